The number of aliphatic hydroxyl groups is 1. The van der Waals surface area contributed by atoms with Gasteiger partial charge in [0, 0.05) is 12.6 Å². The molecule has 0 spiro atoms. The highest BCUT2D eigenvalue weighted by molar-refractivity contribution is 5.34. The van der Waals surface area contributed by atoms with Crippen molar-refractivity contribution in [1.29, 1.82) is 5.26 Å². The Bertz CT molecular complexity index is 419. The van der Waals surface area contributed by atoms with Gasteiger partial charge in [-0.2, -0.15) is 5.26 Å². The normalized spacial score (nSPS) is 17.1. The van der Waals surface area contributed by atoms with Gasteiger partial charge in [-0.15, -0.1) is 0 Å². The maximum absolute atomic E-state index is 9.83. The van der Waals surface area contributed by atoms with Crippen LogP contribution in [0.4, 0.5) is 0 Å². The minimum Gasteiger partial charge on any atom is -0.491 e. The Morgan fingerprint density at radius 1 is 1.32 bits per heavy atom. The molecule has 19 heavy (non-hydrogen) atoms. The highest BCUT2D eigenvalue weighted by atomic mass is 16.5. The van der Waals surface area contributed by atoms with Crippen molar-refractivity contribution in [3.8, 4) is 11.8 Å². The number of benzene rings is 1. The Kier molecular flexibility index (Phi) is 5.20. The van der Waals surface area contributed by atoms with Gasteiger partial charge in [0.25, 0.3) is 0 Å². The zero-order valence-corrected chi connectivity index (χ0v) is 11.0. The van der Waals surface area contributed by atoms with Gasteiger partial charge in [0.15, 0.2) is 0 Å². The quantitative estimate of drug-likeness (QED) is 0.819. The second-order valence-electron chi connectivity index (χ2n) is 4.99. The van der Waals surface area contributed by atoms with E-state index in [0.717, 1.165) is 0 Å². The summed E-state index contributed by atoms with van der Waals surface area (Å²) in [6.45, 7) is 0.840. The topological polar surface area (TPSA) is 65.3 Å². The first kappa shape index (κ1) is 13.9. The molecule has 0 radical (unpaired) electrons. The fraction of sp³-hybridized carbons (Fsp3) is 0.533. The Balaban J connectivity index is 1.67. The van der Waals surface area contributed by atoms with Gasteiger partial charge in [0.05, 0.1) is 11.6 Å². The molecular weight excluding hydrogens is 240 g/mol. The first-order chi connectivity index (χ1) is 9.28. The highest BCUT2D eigenvalue weighted by Crippen LogP contribution is 2.17. The van der Waals surface area contributed by atoms with Crippen molar-refractivity contribution >= 4 is 0 Å². The summed E-state index contributed by atoms with van der Waals surface area (Å²) >= 11 is 0. The van der Waals surface area contributed by atoms with Crippen LogP contribution in [-0.2, 0) is 0 Å². The van der Waals surface area contributed by atoms with Gasteiger partial charge in [-0.3, -0.25) is 0 Å². The molecule has 1 fully saturated rings. The third-order valence-corrected chi connectivity index (χ3v) is 3.42. The van der Waals surface area contributed by atoms with Crippen LogP contribution in [0.25, 0.3) is 0 Å². The molecule has 102 valence electrons. The molecule has 1 aliphatic carbocycles. The number of hydrogen-bond acceptors (Lipinski definition) is 4. The molecule has 0 unspecified atom stereocenters. The molecule has 1 atom stereocenters. The largest absolute Gasteiger partial charge is 0.491 e. The van der Waals surface area contributed by atoms with E-state index in [0.29, 0.717) is 23.9 Å². The number of nitrogens with one attached hydrogen (secondary N) is 1. The first-order valence-electron chi connectivity index (χ1n) is 6.82. The first-order valence-corrected chi connectivity index (χ1v) is 6.82. The Morgan fingerprint density at radius 3 is 2.63 bits per heavy atom. The SMILES string of the molecule is N#Cc1ccc(OC[C@H](O)CNC2CCCC2)cc1. The molecule has 2 rings (SSSR count). The minimum absolute atomic E-state index is 0.269. The van der Waals surface area contributed by atoms with Crippen LogP contribution < -0.4 is 10.1 Å². The molecule has 1 aliphatic rings. The molecule has 0 heterocycles. The summed E-state index contributed by atoms with van der Waals surface area (Å²) in [6, 6.07) is 9.52. The van der Waals surface area contributed by atoms with E-state index in [-0.39, 0.29) is 6.61 Å². The van der Waals surface area contributed by atoms with Crippen molar-refractivity contribution in [2.75, 3.05) is 13.2 Å². The lowest BCUT2D eigenvalue weighted by molar-refractivity contribution is 0.104. The van der Waals surface area contributed by atoms with E-state index in [2.05, 4.69) is 11.4 Å². The maximum atomic E-state index is 9.83. The van der Waals surface area contributed by atoms with E-state index in [1.165, 1.54) is 25.7 Å². The lowest BCUT2D eigenvalue weighted by Gasteiger charge is -2.16. The summed E-state index contributed by atoms with van der Waals surface area (Å²) in [7, 11) is 0. The van der Waals surface area contributed by atoms with Crippen LogP contribution in [0.15, 0.2) is 24.3 Å². The molecule has 4 nitrogen and oxygen atoms in total. The number of aliphatic hydroxyl groups excluding tert-OH is 1. The summed E-state index contributed by atoms with van der Waals surface area (Å²) in [5.41, 5.74) is 0.607. The summed E-state index contributed by atoms with van der Waals surface area (Å²) < 4.78 is 5.48. The van der Waals surface area contributed by atoms with Crippen LogP contribution in [-0.4, -0.2) is 30.4 Å². The molecular formula is C15H20N2O2. The molecule has 1 saturated carbocycles. The zero-order valence-electron chi connectivity index (χ0n) is 11.0. The van der Waals surface area contributed by atoms with Crippen molar-refractivity contribution in [2.24, 2.45) is 0 Å². The van der Waals surface area contributed by atoms with Crippen LogP contribution >= 0.6 is 0 Å². The molecule has 0 saturated heterocycles. The summed E-state index contributed by atoms with van der Waals surface area (Å²) in [5, 5.41) is 21.9. The average Bonchev–Trinajstić information content (AvgIpc) is 2.96. The molecule has 1 aromatic carbocycles. The number of ether oxygens (including phenoxy) is 1. The summed E-state index contributed by atoms with van der Waals surface area (Å²) in [6.07, 6.45) is 4.49. The molecule has 4 heteroatoms. The average molecular weight is 260 g/mol. The third-order valence-electron chi connectivity index (χ3n) is 3.42. The lowest BCUT2D eigenvalue weighted by Crippen LogP contribution is -2.36. The van der Waals surface area contributed by atoms with Crippen molar-refractivity contribution in [1.82, 2.24) is 5.32 Å². The maximum Gasteiger partial charge on any atom is 0.119 e. The highest BCUT2D eigenvalue weighted by Gasteiger charge is 2.15. The van der Waals surface area contributed by atoms with E-state index in [4.69, 9.17) is 10.00 Å². The molecule has 0 amide bonds. The Hall–Kier alpha value is -1.57. The third kappa shape index (κ3) is 4.55. The van der Waals surface area contributed by atoms with Crippen LogP contribution in [0.1, 0.15) is 31.2 Å². The van der Waals surface area contributed by atoms with Gasteiger partial charge < -0.3 is 15.2 Å². The standard InChI is InChI=1S/C15H20N2O2/c16-9-12-5-7-15(8-6-12)19-11-14(18)10-17-13-3-1-2-4-13/h5-8,13-14,17-18H,1-4,10-11H2/t14-/m1/s1. The fourth-order valence-corrected chi connectivity index (χ4v) is 2.31. The number of rotatable bonds is 6. The summed E-state index contributed by atoms with van der Waals surface area (Å²) in [4.78, 5) is 0. The van der Waals surface area contributed by atoms with E-state index >= 15 is 0 Å². The Labute approximate surface area is 114 Å². The monoisotopic (exact) mass is 260 g/mol. The van der Waals surface area contributed by atoms with Gasteiger partial charge in [0.1, 0.15) is 18.5 Å². The second kappa shape index (κ2) is 7.13. The van der Waals surface area contributed by atoms with Gasteiger partial charge in [-0.25, -0.2) is 0 Å². The predicted octanol–water partition coefficient (Wildman–Crippen LogP) is 1.83. The number of nitrogens with zero attached hydrogens (tertiary/aromatic N) is 1. The van der Waals surface area contributed by atoms with Crippen molar-refractivity contribution in [3.63, 3.8) is 0 Å². The van der Waals surface area contributed by atoms with Crippen LogP contribution in [0, 0.1) is 11.3 Å². The van der Waals surface area contributed by atoms with Crippen molar-refractivity contribution < 1.29 is 9.84 Å². The van der Waals surface area contributed by atoms with Crippen LogP contribution in [0.5, 0.6) is 5.75 Å². The molecule has 1 aromatic rings. The fourth-order valence-electron chi connectivity index (χ4n) is 2.31. The molecule has 0 aliphatic heterocycles. The molecule has 0 aromatic heterocycles. The molecule has 2 N–H and O–H groups in total. The van der Waals surface area contributed by atoms with Gasteiger partial charge >= 0.3 is 0 Å². The number of nitriles is 1. The van der Waals surface area contributed by atoms with E-state index < -0.39 is 6.10 Å². The van der Waals surface area contributed by atoms with Crippen LogP contribution in [0.3, 0.4) is 0 Å². The molecule has 0 bridgehead atoms. The second-order valence-corrected chi connectivity index (χ2v) is 4.99. The minimum atomic E-state index is -0.503. The smallest absolute Gasteiger partial charge is 0.119 e. The number of hydrogen-bond donors (Lipinski definition) is 2. The van der Waals surface area contributed by atoms with Crippen molar-refractivity contribution in [2.45, 2.75) is 37.8 Å². The van der Waals surface area contributed by atoms with Crippen LogP contribution in [0.2, 0.25) is 0 Å². The lowest BCUT2D eigenvalue weighted by atomic mass is 10.2. The predicted molar refractivity (Wildman–Crippen MR) is 72.9 cm³/mol. The van der Waals surface area contributed by atoms with E-state index in [1.807, 2.05) is 0 Å². The van der Waals surface area contributed by atoms with Gasteiger partial charge in [0.2, 0.25) is 0 Å². The van der Waals surface area contributed by atoms with Crippen molar-refractivity contribution in [3.05, 3.63) is 29.8 Å². The summed E-state index contributed by atoms with van der Waals surface area (Å²) in [5.74, 6) is 0.680. The van der Waals surface area contributed by atoms with E-state index in [9.17, 15) is 5.11 Å². The zero-order chi connectivity index (χ0) is 13.5. The Morgan fingerprint density at radius 2 is 2.00 bits per heavy atom. The van der Waals surface area contributed by atoms with Gasteiger partial charge in [-0.05, 0) is 37.1 Å². The van der Waals surface area contributed by atoms with E-state index in [1.54, 1.807) is 24.3 Å². The van der Waals surface area contributed by atoms with Gasteiger partial charge in [-0.1, -0.05) is 12.8 Å².